The van der Waals surface area contributed by atoms with Gasteiger partial charge < -0.3 is 0 Å². The van der Waals surface area contributed by atoms with Crippen molar-refractivity contribution in [1.29, 1.82) is 0 Å². The Bertz CT molecular complexity index is 743. The minimum absolute atomic E-state index is 0.153. The van der Waals surface area contributed by atoms with E-state index in [-0.39, 0.29) is 16.8 Å². The summed E-state index contributed by atoms with van der Waals surface area (Å²) >= 11 is 5.69. The number of rotatable bonds is 2. The molecule has 2 nitrogen and oxygen atoms in total. The molecule has 0 aliphatic heterocycles. The van der Waals surface area contributed by atoms with Crippen LogP contribution in [0.15, 0.2) is 34.9 Å². The van der Waals surface area contributed by atoms with Gasteiger partial charge in [0.1, 0.15) is 0 Å². The van der Waals surface area contributed by atoms with Crippen LogP contribution in [0.5, 0.6) is 0 Å². The largest absolute Gasteiger partial charge is 0.289 e. The molecule has 2 fully saturated rings. The lowest BCUT2D eigenvalue weighted by molar-refractivity contribution is -0.115. The Morgan fingerprint density at radius 3 is 2.72 bits per heavy atom. The maximum absolute atomic E-state index is 12.2. The lowest BCUT2D eigenvalue weighted by atomic mass is 9.52. The van der Waals surface area contributed by atoms with Crippen LogP contribution in [-0.2, 0) is 9.59 Å². The van der Waals surface area contributed by atoms with Crippen molar-refractivity contribution in [3.63, 3.8) is 0 Å². The number of carbonyl (C=O) groups excluding carboxylic acids is 2. The molecule has 4 rings (SSSR count). The molecule has 3 heteroatoms. The molecule has 25 heavy (non-hydrogen) atoms. The second kappa shape index (κ2) is 5.67. The third-order valence-electron chi connectivity index (χ3n) is 7.95. The fourth-order valence-electron chi connectivity index (χ4n) is 6.55. The lowest BCUT2D eigenvalue weighted by Gasteiger charge is -2.52. The standard InChI is InChI=1S/C22H27ClO2/c1-4-13-6-8-17-15-7-5-14-11-19(24)16(20(23)25)12-22(14,3)18(15)9-10-21(13,17)2/h9,11-13,15,17H,4-8,10H2,1-3H3/t13-,15?,17?,21+,22-/m0/s1. The van der Waals surface area contributed by atoms with E-state index in [4.69, 9.17) is 11.6 Å². The summed E-state index contributed by atoms with van der Waals surface area (Å²) in [6.07, 6.45) is 13.1. The highest BCUT2D eigenvalue weighted by Gasteiger charge is 2.55. The van der Waals surface area contributed by atoms with E-state index in [0.29, 0.717) is 11.3 Å². The van der Waals surface area contributed by atoms with Crippen molar-refractivity contribution in [1.82, 2.24) is 0 Å². The molecule has 0 heterocycles. The molecule has 4 aliphatic carbocycles. The molecule has 0 bridgehead atoms. The van der Waals surface area contributed by atoms with Gasteiger partial charge in [-0.05, 0) is 79.9 Å². The van der Waals surface area contributed by atoms with Crippen LogP contribution in [0.2, 0.25) is 0 Å². The summed E-state index contributed by atoms with van der Waals surface area (Å²) < 4.78 is 0. The second-order valence-corrected chi connectivity index (χ2v) is 9.21. The van der Waals surface area contributed by atoms with Crippen LogP contribution in [0.1, 0.15) is 59.3 Å². The predicted molar refractivity (Wildman–Crippen MR) is 100 cm³/mol. The van der Waals surface area contributed by atoms with Gasteiger partial charge in [0.15, 0.2) is 5.78 Å². The molecule has 0 N–H and O–H groups in total. The molecule has 0 saturated heterocycles. The van der Waals surface area contributed by atoms with Gasteiger partial charge in [-0.15, -0.1) is 0 Å². The molecule has 4 aliphatic rings. The fourth-order valence-corrected chi connectivity index (χ4v) is 6.70. The Balaban J connectivity index is 1.79. The molecule has 0 aromatic carbocycles. The third kappa shape index (κ3) is 2.29. The zero-order valence-corrected chi connectivity index (χ0v) is 16.2. The van der Waals surface area contributed by atoms with Gasteiger partial charge >= 0.3 is 0 Å². The molecule has 0 aromatic heterocycles. The quantitative estimate of drug-likeness (QED) is 0.377. The van der Waals surface area contributed by atoms with Gasteiger partial charge in [0, 0.05) is 5.41 Å². The van der Waals surface area contributed by atoms with E-state index in [0.717, 1.165) is 36.7 Å². The van der Waals surface area contributed by atoms with Gasteiger partial charge in [-0.25, -0.2) is 0 Å². The zero-order valence-electron chi connectivity index (χ0n) is 15.4. The molecule has 0 radical (unpaired) electrons. The normalized spacial score (nSPS) is 42.6. The van der Waals surface area contributed by atoms with Crippen molar-refractivity contribution < 1.29 is 9.59 Å². The summed E-state index contributed by atoms with van der Waals surface area (Å²) in [6.45, 7) is 7.00. The number of fused-ring (bicyclic) bond motifs is 5. The van der Waals surface area contributed by atoms with Crippen LogP contribution in [0.3, 0.4) is 0 Å². The smallest absolute Gasteiger partial charge is 0.256 e. The SMILES string of the molecule is CC[C@H]1CCC2C3CCC4=CC(=O)C(C(=O)Cl)=C[C@]4(C)C3=CC[C@@]21C. The Morgan fingerprint density at radius 2 is 2.04 bits per heavy atom. The van der Waals surface area contributed by atoms with E-state index >= 15 is 0 Å². The minimum atomic E-state index is -0.628. The van der Waals surface area contributed by atoms with Crippen molar-refractivity contribution in [2.24, 2.45) is 28.6 Å². The average molecular weight is 359 g/mol. The second-order valence-electron chi connectivity index (χ2n) is 8.87. The number of halogens is 1. The van der Waals surface area contributed by atoms with E-state index in [9.17, 15) is 9.59 Å². The highest BCUT2D eigenvalue weighted by Crippen LogP contribution is 2.64. The predicted octanol–water partition coefficient (Wildman–Crippen LogP) is 5.38. The van der Waals surface area contributed by atoms with Gasteiger partial charge in [0.2, 0.25) is 0 Å². The van der Waals surface area contributed by atoms with Gasteiger partial charge in [0.25, 0.3) is 5.24 Å². The van der Waals surface area contributed by atoms with Crippen LogP contribution >= 0.6 is 11.6 Å². The molecule has 2 unspecified atom stereocenters. The van der Waals surface area contributed by atoms with E-state index in [1.165, 1.54) is 24.8 Å². The summed E-state index contributed by atoms with van der Waals surface area (Å²) in [5.74, 6) is 1.91. The molecule has 5 atom stereocenters. The van der Waals surface area contributed by atoms with Crippen molar-refractivity contribution in [2.75, 3.05) is 0 Å². The topological polar surface area (TPSA) is 34.1 Å². The molecule has 0 spiro atoms. The third-order valence-corrected chi connectivity index (χ3v) is 8.16. The maximum atomic E-state index is 12.2. The van der Waals surface area contributed by atoms with Gasteiger partial charge in [0.05, 0.1) is 5.57 Å². The molecular formula is C22H27ClO2. The Kier molecular flexibility index (Phi) is 3.92. The van der Waals surface area contributed by atoms with Crippen molar-refractivity contribution >= 4 is 22.6 Å². The van der Waals surface area contributed by atoms with E-state index in [1.807, 2.05) is 6.08 Å². The summed E-state index contributed by atoms with van der Waals surface area (Å²) in [5, 5.41) is -0.628. The highest BCUT2D eigenvalue weighted by atomic mass is 35.5. The monoisotopic (exact) mass is 358 g/mol. The van der Waals surface area contributed by atoms with Crippen molar-refractivity contribution in [2.45, 2.75) is 59.3 Å². The van der Waals surface area contributed by atoms with Crippen LogP contribution in [-0.4, -0.2) is 11.0 Å². The van der Waals surface area contributed by atoms with E-state index in [1.54, 1.807) is 6.08 Å². The maximum Gasteiger partial charge on any atom is 0.256 e. The molecule has 0 aromatic rings. The zero-order chi connectivity index (χ0) is 18.0. The number of hydrogen-bond donors (Lipinski definition) is 0. The van der Waals surface area contributed by atoms with Crippen LogP contribution < -0.4 is 0 Å². The molecule has 134 valence electrons. The van der Waals surface area contributed by atoms with Gasteiger partial charge in [-0.3, -0.25) is 9.59 Å². The van der Waals surface area contributed by atoms with E-state index in [2.05, 4.69) is 26.8 Å². The Hall–Kier alpha value is -1.15. The first-order valence-electron chi connectivity index (χ1n) is 9.70. The summed E-state index contributed by atoms with van der Waals surface area (Å²) in [7, 11) is 0. The Labute approximate surface area is 155 Å². The van der Waals surface area contributed by atoms with Crippen LogP contribution in [0.4, 0.5) is 0 Å². The molecular weight excluding hydrogens is 332 g/mol. The summed E-state index contributed by atoms with van der Waals surface area (Å²) in [4.78, 5) is 24.0. The number of allylic oxidation sites excluding steroid dienone is 6. The molecule has 0 amide bonds. The van der Waals surface area contributed by atoms with Crippen molar-refractivity contribution in [3.05, 3.63) is 34.9 Å². The summed E-state index contributed by atoms with van der Waals surface area (Å²) in [5.41, 5.74) is 2.87. The highest BCUT2D eigenvalue weighted by molar-refractivity contribution is 6.71. The Morgan fingerprint density at radius 1 is 1.28 bits per heavy atom. The first-order chi connectivity index (χ1) is 11.8. The minimum Gasteiger partial charge on any atom is -0.289 e. The fraction of sp³-hybridized carbons (Fsp3) is 0.636. The first-order valence-corrected chi connectivity index (χ1v) is 10.1. The number of ketones is 1. The first kappa shape index (κ1) is 17.3. The number of carbonyl (C=O) groups is 2. The molecule has 2 saturated carbocycles. The van der Waals surface area contributed by atoms with Gasteiger partial charge in [-0.1, -0.05) is 43.6 Å². The summed E-state index contributed by atoms with van der Waals surface area (Å²) in [6, 6.07) is 0. The average Bonchev–Trinajstić information content (AvgIpc) is 2.91. The van der Waals surface area contributed by atoms with Crippen LogP contribution in [0, 0.1) is 28.6 Å². The number of hydrogen-bond acceptors (Lipinski definition) is 2. The van der Waals surface area contributed by atoms with Crippen LogP contribution in [0.25, 0.3) is 0 Å². The van der Waals surface area contributed by atoms with E-state index < -0.39 is 5.24 Å². The van der Waals surface area contributed by atoms with Crippen molar-refractivity contribution in [3.8, 4) is 0 Å². The lowest BCUT2D eigenvalue weighted by Crippen LogP contribution is -2.43. The van der Waals surface area contributed by atoms with Gasteiger partial charge in [-0.2, -0.15) is 0 Å².